The Morgan fingerprint density at radius 3 is 2.33 bits per heavy atom. The number of hydrogen-bond acceptors (Lipinski definition) is 6. The second-order valence-electron chi connectivity index (χ2n) is 2.57. The van der Waals surface area contributed by atoms with E-state index in [4.69, 9.17) is 30.1 Å². The van der Waals surface area contributed by atoms with Crippen LogP contribution in [0.4, 0.5) is 0 Å². The Labute approximate surface area is 96.5 Å². The standard InChI is InChI=1S/C7H17O5P2S/c1-5-11-7(2)13(15)12-6-14(8,9-3)10-4/h7H,5-6H2,1-4H3/q+1. The van der Waals surface area contributed by atoms with E-state index in [0.717, 1.165) is 0 Å². The summed E-state index contributed by atoms with van der Waals surface area (Å²) in [5, 5.41) is 0. The van der Waals surface area contributed by atoms with Crippen LogP contribution in [0.1, 0.15) is 13.8 Å². The van der Waals surface area contributed by atoms with Crippen molar-refractivity contribution in [3.05, 3.63) is 0 Å². The van der Waals surface area contributed by atoms with Crippen LogP contribution in [0.2, 0.25) is 0 Å². The quantitative estimate of drug-likeness (QED) is 0.635. The fourth-order valence-electron chi connectivity index (χ4n) is 0.715. The average molecular weight is 275 g/mol. The molecular formula is C7H17O5P2S+. The van der Waals surface area contributed by atoms with Crippen LogP contribution in [-0.4, -0.2) is 33.0 Å². The molecule has 0 heterocycles. The molecule has 0 fully saturated rings. The predicted octanol–water partition coefficient (Wildman–Crippen LogP) is 2.69. The molecule has 0 spiro atoms. The topological polar surface area (TPSA) is 54.0 Å². The third-order valence-electron chi connectivity index (χ3n) is 1.60. The minimum atomic E-state index is -3.12. The lowest BCUT2D eigenvalue weighted by atomic mass is 10.8. The van der Waals surface area contributed by atoms with Crippen molar-refractivity contribution in [3.8, 4) is 0 Å². The second kappa shape index (κ2) is 7.80. The largest absolute Gasteiger partial charge is 0.370 e. The molecular weight excluding hydrogens is 258 g/mol. The van der Waals surface area contributed by atoms with Crippen LogP contribution in [0.3, 0.4) is 0 Å². The maximum atomic E-state index is 11.6. The smallest absolute Gasteiger partial charge is 0.335 e. The Morgan fingerprint density at radius 1 is 1.40 bits per heavy atom. The van der Waals surface area contributed by atoms with E-state index < -0.39 is 14.5 Å². The van der Waals surface area contributed by atoms with Crippen molar-refractivity contribution in [2.75, 3.05) is 27.2 Å². The van der Waals surface area contributed by atoms with Gasteiger partial charge >= 0.3 is 14.5 Å². The highest BCUT2D eigenvalue weighted by Crippen LogP contribution is 2.49. The first-order valence-corrected chi connectivity index (χ1v) is 8.47. The molecule has 0 saturated heterocycles. The number of hydrogen-bond donors (Lipinski definition) is 0. The van der Waals surface area contributed by atoms with Gasteiger partial charge in [0, 0.05) is 27.8 Å². The lowest BCUT2D eigenvalue weighted by Gasteiger charge is -2.10. The summed E-state index contributed by atoms with van der Waals surface area (Å²) in [4.78, 5) is 0. The first kappa shape index (κ1) is 15.6. The molecule has 0 aliphatic carbocycles. The van der Waals surface area contributed by atoms with Crippen LogP contribution in [0.15, 0.2) is 0 Å². The molecule has 0 amide bonds. The summed E-state index contributed by atoms with van der Waals surface area (Å²) < 4.78 is 31.5. The Hall–Kier alpha value is 0.590. The lowest BCUT2D eigenvalue weighted by molar-refractivity contribution is 0.126. The van der Waals surface area contributed by atoms with Gasteiger partial charge in [0.15, 0.2) is 0 Å². The Balaban J connectivity index is 4.04. The molecule has 0 rings (SSSR count). The van der Waals surface area contributed by atoms with Gasteiger partial charge in [-0.25, -0.2) is 0 Å². The van der Waals surface area contributed by atoms with E-state index in [0.29, 0.717) is 6.61 Å². The highest BCUT2D eigenvalue weighted by Gasteiger charge is 2.30. The Morgan fingerprint density at radius 2 is 1.93 bits per heavy atom. The minimum Gasteiger partial charge on any atom is -0.335 e. The normalized spacial score (nSPS) is 15.1. The molecule has 0 N–H and O–H groups in total. The summed E-state index contributed by atoms with van der Waals surface area (Å²) in [5.41, 5.74) is 0. The van der Waals surface area contributed by atoms with E-state index in [2.05, 4.69) is 0 Å². The van der Waals surface area contributed by atoms with Crippen molar-refractivity contribution in [2.45, 2.75) is 19.7 Å². The van der Waals surface area contributed by atoms with E-state index in [1.54, 1.807) is 0 Å². The van der Waals surface area contributed by atoms with Crippen LogP contribution < -0.4 is 0 Å². The predicted molar refractivity (Wildman–Crippen MR) is 62.9 cm³/mol. The molecule has 0 aromatic rings. The maximum Gasteiger partial charge on any atom is 0.370 e. The summed E-state index contributed by atoms with van der Waals surface area (Å²) in [6.45, 7) is 3.09. The second-order valence-corrected chi connectivity index (χ2v) is 7.42. The molecule has 5 nitrogen and oxygen atoms in total. The van der Waals surface area contributed by atoms with Crippen LogP contribution in [0, 0.1) is 0 Å². The third kappa shape index (κ3) is 6.03. The van der Waals surface area contributed by atoms with E-state index in [1.807, 2.05) is 13.8 Å². The molecule has 15 heavy (non-hydrogen) atoms. The minimum absolute atomic E-state index is 0.132. The van der Waals surface area contributed by atoms with Gasteiger partial charge in [0.05, 0.1) is 0 Å². The van der Waals surface area contributed by atoms with Crippen molar-refractivity contribution >= 4 is 26.3 Å². The first-order valence-electron chi connectivity index (χ1n) is 4.40. The molecule has 0 aromatic carbocycles. The zero-order valence-electron chi connectivity index (χ0n) is 9.34. The van der Waals surface area contributed by atoms with Crippen molar-refractivity contribution in [3.63, 3.8) is 0 Å². The van der Waals surface area contributed by atoms with E-state index in [9.17, 15) is 4.57 Å². The molecule has 8 heteroatoms. The average Bonchev–Trinajstić information content (AvgIpc) is 2.25. The molecule has 0 bridgehead atoms. The highest BCUT2D eigenvalue weighted by atomic mass is 32.4. The van der Waals surface area contributed by atoms with Crippen molar-refractivity contribution < 1.29 is 22.9 Å². The highest BCUT2D eigenvalue weighted by molar-refractivity contribution is 8.03. The van der Waals surface area contributed by atoms with Crippen molar-refractivity contribution in [1.29, 1.82) is 0 Å². The zero-order chi connectivity index (χ0) is 11.9. The summed E-state index contributed by atoms with van der Waals surface area (Å²) >= 11 is 5.07. The van der Waals surface area contributed by atoms with E-state index in [-0.39, 0.29) is 12.2 Å². The SMILES string of the molecule is CCOC(C)[P+](=S)OCP(=O)(OC)OC. The third-order valence-corrected chi connectivity index (χ3v) is 5.70. The van der Waals surface area contributed by atoms with Crippen LogP contribution in [0.25, 0.3) is 0 Å². The molecule has 0 radical (unpaired) electrons. The van der Waals surface area contributed by atoms with Crippen LogP contribution >= 0.6 is 14.5 Å². The van der Waals surface area contributed by atoms with Gasteiger partial charge in [-0.2, -0.15) is 4.52 Å². The van der Waals surface area contributed by atoms with E-state index in [1.165, 1.54) is 14.2 Å². The molecule has 2 unspecified atom stereocenters. The van der Waals surface area contributed by atoms with Gasteiger partial charge in [0.1, 0.15) is 0 Å². The summed E-state index contributed by atoms with van der Waals surface area (Å²) in [7, 11) is -0.500. The fourth-order valence-corrected chi connectivity index (χ4v) is 3.18. The van der Waals surface area contributed by atoms with Crippen LogP contribution in [-0.2, 0) is 34.7 Å². The van der Waals surface area contributed by atoms with Crippen molar-refractivity contribution in [2.24, 2.45) is 0 Å². The van der Waals surface area contributed by atoms with Gasteiger partial charge in [0.25, 0.3) is 5.85 Å². The lowest BCUT2D eigenvalue weighted by Crippen LogP contribution is -2.05. The number of rotatable bonds is 8. The summed E-state index contributed by atoms with van der Waals surface area (Å²) in [5.74, 6) is -0.165. The zero-order valence-corrected chi connectivity index (χ0v) is 11.9. The molecule has 0 aromatic heterocycles. The van der Waals surface area contributed by atoms with Gasteiger partial charge in [-0.3, -0.25) is 4.57 Å². The molecule has 90 valence electrons. The molecule has 0 saturated carbocycles. The van der Waals surface area contributed by atoms with Gasteiger partial charge in [-0.05, 0) is 6.92 Å². The summed E-state index contributed by atoms with van der Waals surface area (Å²) in [6.07, 6.45) is -0.132. The Bertz CT molecular complexity index is 240. The van der Waals surface area contributed by atoms with Crippen molar-refractivity contribution in [1.82, 2.24) is 0 Å². The monoisotopic (exact) mass is 275 g/mol. The van der Waals surface area contributed by atoms with Gasteiger partial charge in [0.2, 0.25) is 18.2 Å². The molecule has 0 aliphatic heterocycles. The number of ether oxygens (including phenoxy) is 1. The van der Waals surface area contributed by atoms with Crippen LogP contribution in [0.5, 0.6) is 0 Å². The van der Waals surface area contributed by atoms with Gasteiger partial charge in [-0.1, -0.05) is 0 Å². The Kier molecular flexibility index (Phi) is 8.10. The maximum absolute atomic E-state index is 11.6. The summed E-state index contributed by atoms with van der Waals surface area (Å²) in [6, 6.07) is 0. The van der Waals surface area contributed by atoms with E-state index >= 15 is 0 Å². The molecule has 0 aliphatic rings. The first-order chi connectivity index (χ1) is 6.99. The van der Waals surface area contributed by atoms with Gasteiger partial charge < -0.3 is 13.8 Å². The molecule has 2 atom stereocenters. The van der Waals surface area contributed by atoms with Gasteiger partial charge in [-0.15, -0.1) is 0 Å². The fraction of sp³-hybridized carbons (Fsp3) is 1.00.